The van der Waals surface area contributed by atoms with Gasteiger partial charge in [0.1, 0.15) is 22.8 Å². The lowest BCUT2D eigenvalue weighted by Gasteiger charge is -2.23. The van der Waals surface area contributed by atoms with Crippen LogP contribution in [-0.2, 0) is 6.54 Å². The highest BCUT2D eigenvalue weighted by Crippen LogP contribution is 2.33. The zero-order valence-corrected chi connectivity index (χ0v) is 14.5. The van der Waals surface area contributed by atoms with Gasteiger partial charge in [0.2, 0.25) is 0 Å². The summed E-state index contributed by atoms with van der Waals surface area (Å²) in [4.78, 5) is 14.9. The summed E-state index contributed by atoms with van der Waals surface area (Å²) in [6.45, 7) is 4.03. The van der Waals surface area contributed by atoms with Gasteiger partial charge in [0.25, 0.3) is 5.91 Å². The van der Waals surface area contributed by atoms with E-state index in [1.165, 1.54) is 0 Å². The van der Waals surface area contributed by atoms with Crippen LogP contribution in [0, 0.1) is 13.8 Å². The third kappa shape index (κ3) is 3.09. The van der Waals surface area contributed by atoms with Gasteiger partial charge in [0.05, 0.1) is 26.5 Å². The Kier molecular flexibility index (Phi) is 4.46. The van der Waals surface area contributed by atoms with Crippen molar-refractivity contribution in [2.75, 3.05) is 14.2 Å². The number of carbonyl (C=O) groups excluding carboxylic acids is 1. The van der Waals surface area contributed by atoms with E-state index >= 15 is 0 Å². The molecule has 2 aromatic rings. The minimum atomic E-state index is -0.0429. The van der Waals surface area contributed by atoms with Crippen LogP contribution < -0.4 is 9.47 Å². The fourth-order valence-corrected chi connectivity index (χ4v) is 2.87. The molecule has 0 spiro atoms. The maximum Gasteiger partial charge on any atom is 0.259 e. The van der Waals surface area contributed by atoms with Crippen LogP contribution in [-0.4, -0.2) is 36.2 Å². The van der Waals surface area contributed by atoms with E-state index in [1.807, 2.05) is 23.1 Å². The Morgan fingerprint density at radius 2 is 2.04 bits per heavy atom. The lowest BCUT2D eigenvalue weighted by molar-refractivity contribution is 0.0726. The van der Waals surface area contributed by atoms with E-state index < -0.39 is 0 Å². The Morgan fingerprint density at radius 1 is 1.29 bits per heavy atom. The first-order valence-corrected chi connectivity index (χ1v) is 8.00. The van der Waals surface area contributed by atoms with Gasteiger partial charge >= 0.3 is 0 Å². The molecule has 1 aliphatic rings. The van der Waals surface area contributed by atoms with E-state index in [-0.39, 0.29) is 11.9 Å². The predicted molar refractivity (Wildman–Crippen MR) is 88.4 cm³/mol. The van der Waals surface area contributed by atoms with Crippen molar-refractivity contribution >= 4 is 5.91 Å². The largest absolute Gasteiger partial charge is 0.497 e. The zero-order valence-electron chi connectivity index (χ0n) is 14.5. The summed E-state index contributed by atoms with van der Waals surface area (Å²) in [5, 5.41) is 3.90. The Labute approximate surface area is 141 Å². The molecule has 6 nitrogen and oxygen atoms in total. The molecule has 0 bridgehead atoms. The zero-order chi connectivity index (χ0) is 17.3. The van der Waals surface area contributed by atoms with Crippen molar-refractivity contribution in [2.45, 2.75) is 39.3 Å². The van der Waals surface area contributed by atoms with Crippen molar-refractivity contribution in [3.63, 3.8) is 0 Å². The number of aryl methyl sites for hydroxylation is 2. The van der Waals surface area contributed by atoms with Crippen molar-refractivity contribution < 1.29 is 18.8 Å². The minimum Gasteiger partial charge on any atom is -0.497 e. The first kappa shape index (κ1) is 16.4. The molecule has 1 aliphatic carbocycles. The monoisotopic (exact) mass is 330 g/mol. The van der Waals surface area contributed by atoms with Crippen molar-refractivity contribution in [1.29, 1.82) is 0 Å². The van der Waals surface area contributed by atoms with Gasteiger partial charge in [-0.05, 0) is 44.9 Å². The number of hydrogen-bond acceptors (Lipinski definition) is 5. The second kappa shape index (κ2) is 6.55. The van der Waals surface area contributed by atoms with Crippen LogP contribution in [0.4, 0.5) is 0 Å². The topological polar surface area (TPSA) is 64.8 Å². The van der Waals surface area contributed by atoms with Crippen molar-refractivity contribution in [3.05, 3.63) is 40.8 Å². The molecule has 24 heavy (non-hydrogen) atoms. The third-order valence-corrected chi connectivity index (χ3v) is 4.32. The summed E-state index contributed by atoms with van der Waals surface area (Å²) in [5.41, 5.74) is 2.10. The molecular formula is C18H22N2O4. The van der Waals surface area contributed by atoms with Crippen molar-refractivity contribution in [1.82, 2.24) is 10.1 Å². The number of benzene rings is 1. The van der Waals surface area contributed by atoms with Gasteiger partial charge in [-0.3, -0.25) is 4.79 Å². The number of amides is 1. The molecule has 0 atom stereocenters. The normalized spacial score (nSPS) is 13.7. The number of ether oxygens (including phenoxy) is 2. The van der Waals surface area contributed by atoms with Crippen LogP contribution in [0.3, 0.4) is 0 Å². The number of carbonyl (C=O) groups is 1. The quantitative estimate of drug-likeness (QED) is 0.814. The number of rotatable bonds is 6. The molecule has 1 fully saturated rings. The van der Waals surface area contributed by atoms with Crippen molar-refractivity contribution in [3.8, 4) is 11.5 Å². The molecule has 1 amide bonds. The molecule has 1 aromatic carbocycles. The van der Waals surface area contributed by atoms with E-state index in [2.05, 4.69) is 5.16 Å². The summed E-state index contributed by atoms with van der Waals surface area (Å²) < 4.78 is 15.9. The van der Waals surface area contributed by atoms with Crippen LogP contribution in [0.1, 0.15) is 40.2 Å². The molecular weight excluding hydrogens is 308 g/mol. The third-order valence-electron chi connectivity index (χ3n) is 4.32. The van der Waals surface area contributed by atoms with Gasteiger partial charge in [-0.1, -0.05) is 5.16 Å². The molecule has 1 saturated carbocycles. The first-order chi connectivity index (χ1) is 11.5. The summed E-state index contributed by atoms with van der Waals surface area (Å²) in [6.07, 6.45) is 2.03. The van der Waals surface area contributed by atoms with Crippen LogP contribution in [0.5, 0.6) is 11.5 Å². The maximum atomic E-state index is 13.0. The number of hydrogen-bond donors (Lipinski definition) is 0. The minimum absolute atomic E-state index is 0.0429. The van der Waals surface area contributed by atoms with Crippen LogP contribution >= 0.6 is 0 Å². The first-order valence-electron chi connectivity index (χ1n) is 8.00. The van der Waals surface area contributed by atoms with Gasteiger partial charge in [-0.2, -0.15) is 0 Å². The van der Waals surface area contributed by atoms with Crippen LogP contribution in [0.25, 0.3) is 0 Å². The number of nitrogens with zero attached hydrogens (tertiary/aromatic N) is 2. The molecule has 6 heteroatoms. The van der Waals surface area contributed by atoms with Gasteiger partial charge in [0.15, 0.2) is 0 Å². The average Bonchev–Trinajstić information content (AvgIpc) is 3.37. The molecule has 0 radical (unpaired) electrons. The summed E-state index contributed by atoms with van der Waals surface area (Å²) >= 11 is 0. The second-order valence-corrected chi connectivity index (χ2v) is 6.04. The number of aromatic nitrogens is 1. The lowest BCUT2D eigenvalue weighted by Crippen LogP contribution is -2.33. The standard InChI is InChI=1S/C18H22N2O4/c1-11-17(12(2)24-19-11)18(21)20(14-5-6-14)10-13-9-15(22-3)7-8-16(13)23-4/h7-9,14H,5-6,10H2,1-4H3. The van der Waals surface area contributed by atoms with E-state index in [0.29, 0.717) is 23.6 Å². The Bertz CT molecular complexity index is 730. The molecule has 0 unspecified atom stereocenters. The fraction of sp³-hybridized carbons (Fsp3) is 0.444. The van der Waals surface area contributed by atoms with E-state index in [9.17, 15) is 4.79 Å². The smallest absolute Gasteiger partial charge is 0.259 e. The van der Waals surface area contributed by atoms with Crippen LogP contribution in [0.15, 0.2) is 22.7 Å². The van der Waals surface area contributed by atoms with Gasteiger partial charge in [-0.25, -0.2) is 0 Å². The van der Waals surface area contributed by atoms with Gasteiger partial charge in [0, 0.05) is 11.6 Å². The van der Waals surface area contributed by atoms with E-state index in [4.69, 9.17) is 14.0 Å². The summed E-state index contributed by atoms with van der Waals surface area (Å²) in [6, 6.07) is 5.87. The molecule has 128 valence electrons. The molecule has 1 heterocycles. The molecule has 0 N–H and O–H groups in total. The second-order valence-electron chi connectivity index (χ2n) is 6.04. The predicted octanol–water partition coefficient (Wildman–Crippen LogP) is 3.11. The van der Waals surface area contributed by atoms with Gasteiger partial charge < -0.3 is 18.9 Å². The average molecular weight is 330 g/mol. The molecule has 0 aliphatic heterocycles. The lowest BCUT2D eigenvalue weighted by atomic mass is 10.1. The summed E-state index contributed by atoms with van der Waals surface area (Å²) in [7, 11) is 3.25. The highest BCUT2D eigenvalue weighted by Gasteiger charge is 2.35. The molecule has 3 rings (SSSR count). The Balaban J connectivity index is 1.92. The SMILES string of the molecule is COc1ccc(OC)c(CN(C(=O)c2c(C)noc2C)C2CC2)c1. The Morgan fingerprint density at radius 3 is 2.58 bits per heavy atom. The van der Waals surface area contributed by atoms with Gasteiger partial charge in [-0.15, -0.1) is 0 Å². The van der Waals surface area contributed by atoms with Crippen LogP contribution in [0.2, 0.25) is 0 Å². The maximum absolute atomic E-state index is 13.0. The Hall–Kier alpha value is -2.50. The highest BCUT2D eigenvalue weighted by molar-refractivity contribution is 5.96. The molecule has 1 aromatic heterocycles. The fourth-order valence-electron chi connectivity index (χ4n) is 2.87. The summed E-state index contributed by atoms with van der Waals surface area (Å²) in [5.74, 6) is 2.00. The van der Waals surface area contributed by atoms with E-state index in [0.717, 1.165) is 29.9 Å². The highest BCUT2D eigenvalue weighted by atomic mass is 16.5. The van der Waals surface area contributed by atoms with Crippen molar-refractivity contribution in [2.24, 2.45) is 0 Å². The molecule has 0 saturated heterocycles. The van der Waals surface area contributed by atoms with E-state index in [1.54, 1.807) is 28.1 Å². The number of methoxy groups -OCH3 is 2.